The molecule has 0 amide bonds. The molecular weight excluding hydrogens is 254 g/mol. The number of aromatic nitrogens is 4. The number of ether oxygens (including phenoxy) is 1. The Bertz CT molecular complexity index is 606. The van der Waals surface area contributed by atoms with Crippen LogP contribution in [0.15, 0.2) is 6.20 Å². The van der Waals surface area contributed by atoms with Gasteiger partial charge in [0.15, 0.2) is 5.75 Å². The zero-order valence-corrected chi connectivity index (χ0v) is 12.7. The molecule has 108 valence electrons. The fourth-order valence-electron chi connectivity index (χ4n) is 1.95. The fourth-order valence-corrected chi connectivity index (χ4v) is 1.95. The molecule has 2 heterocycles. The molecule has 0 aliphatic carbocycles. The molecule has 2 rings (SSSR count). The Kier molecular flexibility index (Phi) is 4.34. The average molecular weight is 275 g/mol. The van der Waals surface area contributed by atoms with Crippen molar-refractivity contribution in [1.82, 2.24) is 25.1 Å². The maximum Gasteiger partial charge on any atom is 0.322 e. The topological polar surface area (TPSA) is 64.9 Å². The van der Waals surface area contributed by atoms with Crippen molar-refractivity contribution in [2.24, 2.45) is 7.05 Å². The summed E-state index contributed by atoms with van der Waals surface area (Å²) in [7, 11) is 1.89. The summed E-state index contributed by atoms with van der Waals surface area (Å²) in [5, 5.41) is 7.58. The van der Waals surface area contributed by atoms with Crippen LogP contribution in [-0.4, -0.2) is 26.3 Å². The molecule has 0 fully saturated rings. The van der Waals surface area contributed by atoms with Crippen molar-refractivity contribution in [3.63, 3.8) is 0 Å². The largest absolute Gasteiger partial charge is 0.420 e. The second-order valence-electron chi connectivity index (χ2n) is 4.77. The number of aryl methyl sites for hydroxylation is 3. The van der Waals surface area contributed by atoms with E-state index in [2.05, 4.69) is 27.3 Å². The van der Waals surface area contributed by atoms with Gasteiger partial charge in [-0.15, -0.1) is 0 Å². The Labute approximate surface area is 119 Å². The normalized spacial score (nSPS) is 10.8. The van der Waals surface area contributed by atoms with Gasteiger partial charge < -0.3 is 10.1 Å². The Morgan fingerprint density at radius 1 is 1.25 bits per heavy atom. The van der Waals surface area contributed by atoms with Gasteiger partial charge in [-0.05, 0) is 27.3 Å². The summed E-state index contributed by atoms with van der Waals surface area (Å²) >= 11 is 0. The maximum atomic E-state index is 5.78. The van der Waals surface area contributed by atoms with E-state index >= 15 is 0 Å². The van der Waals surface area contributed by atoms with Crippen LogP contribution in [0, 0.1) is 20.8 Å². The van der Waals surface area contributed by atoms with Gasteiger partial charge in [-0.3, -0.25) is 4.68 Å². The van der Waals surface area contributed by atoms with E-state index in [1.807, 2.05) is 27.8 Å². The SMILES string of the molecule is CCNCc1cnc(Oc2c(C)nn(C)c2C)nc1C. The minimum absolute atomic E-state index is 0.363. The highest BCUT2D eigenvalue weighted by Crippen LogP contribution is 2.26. The lowest BCUT2D eigenvalue weighted by Gasteiger charge is -2.08. The molecule has 6 nitrogen and oxygen atoms in total. The van der Waals surface area contributed by atoms with Crippen molar-refractivity contribution in [3.05, 3.63) is 28.8 Å². The van der Waals surface area contributed by atoms with E-state index in [1.54, 1.807) is 10.9 Å². The molecular formula is C14H21N5O. The maximum absolute atomic E-state index is 5.78. The van der Waals surface area contributed by atoms with Crippen LogP contribution in [0.1, 0.15) is 29.6 Å². The van der Waals surface area contributed by atoms with Crippen molar-refractivity contribution in [1.29, 1.82) is 0 Å². The quantitative estimate of drug-likeness (QED) is 0.904. The first-order chi connectivity index (χ1) is 9.52. The first-order valence-electron chi connectivity index (χ1n) is 6.74. The second-order valence-corrected chi connectivity index (χ2v) is 4.77. The fraction of sp³-hybridized carbons (Fsp3) is 0.500. The number of hydrogen-bond donors (Lipinski definition) is 1. The monoisotopic (exact) mass is 275 g/mol. The number of nitrogens with zero attached hydrogens (tertiary/aromatic N) is 4. The molecule has 0 aliphatic rings. The molecule has 1 N–H and O–H groups in total. The third-order valence-electron chi connectivity index (χ3n) is 3.26. The molecule has 20 heavy (non-hydrogen) atoms. The zero-order valence-electron chi connectivity index (χ0n) is 12.7. The van der Waals surface area contributed by atoms with Gasteiger partial charge in [0.05, 0.1) is 5.69 Å². The highest BCUT2D eigenvalue weighted by Gasteiger charge is 2.13. The van der Waals surface area contributed by atoms with Gasteiger partial charge in [0.2, 0.25) is 0 Å². The molecule has 6 heteroatoms. The summed E-state index contributed by atoms with van der Waals surface area (Å²) in [6.45, 7) is 9.60. The predicted molar refractivity (Wildman–Crippen MR) is 76.9 cm³/mol. The van der Waals surface area contributed by atoms with E-state index in [0.29, 0.717) is 6.01 Å². The predicted octanol–water partition coefficient (Wildman–Crippen LogP) is 2.04. The van der Waals surface area contributed by atoms with Crippen LogP contribution in [0.3, 0.4) is 0 Å². The van der Waals surface area contributed by atoms with Crippen LogP contribution in [-0.2, 0) is 13.6 Å². The summed E-state index contributed by atoms with van der Waals surface area (Å²) in [5.41, 5.74) is 3.80. The summed E-state index contributed by atoms with van der Waals surface area (Å²) in [6, 6.07) is 0.363. The summed E-state index contributed by atoms with van der Waals surface area (Å²) in [4.78, 5) is 8.67. The lowest BCUT2D eigenvalue weighted by atomic mass is 10.2. The lowest BCUT2D eigenvalue weighted by molar-refractivity contribution is 0.432. The molecule has 0 saturated heterocycles. The van der Waals surface area contributed by atoms with E-state index in [0.717, 1.165) is 41.5 Å². The highest BCUT2D eigenvalue weighted by atomic mass is 16.5. The third-order valence-corrected chi connectivity index (χ3v) is 3.26. The lowest BCUT2D eigenvalue weighted by Crippen LogP contribution is -2.13. The molecule has 0 saturated carbocycles. The Balaban J connectivity index is 2.20. The molecule has 0 atom stereocenters. The first kappa shape index (κ1) is 14.5. The van der Waals surface area contributed by atoms with Gasteiger partial charge >= 0.3 is 6.01 Å². The number of hydrogen-bond acceptors (Lipinski definition) is 5. The van der Waals surface area contributed by atoms with E-state index in [9.17, 15) is 0 Å². The molecule has 0 radical (unpaired) electrons. The van der Waals surface area contributed by atoms with E-state index < -0.39 is 0 Å². The highest BCUT2D eigenvalue weighted by molar-refractivity contribution is 5.34. The molecule has 0 aromatic carbocycles. The van der Waals surface area contributed by atoms with E-state index in [-0.39, 0.29) is 0 Å². The van der Waals surface area contributed by atoms with Crippen LogP contribution in [0.4, 0.5) is 0 Å². The molecule has 0 spiro atoms. The average Bonchev–Trinajstić information content (AvgIpc) is 2.64. The van der Waals surface area contributed by atoms with Crippen molar-refractivity contribution in [2.75, 3.05) is 6.54 Å². The number of rotatable bonds is 5. The van der Waals surface area contributed by atoms with Crippen LogP contribution in [0.5, 0.6) is 11.8 Å². The molecule has 2 aromatic heterocycles. The van der Waals surface area contributed by atoms with Gasteiger partial charge in [0.1, 0.15) is 5.69 Å². The smallest absolute Gasteiger partial charge is 0.322 e. The van der Waals surface area contributed by atoms with Crippen LogP contribution in [0.25, 0.3) is 0 Å². The Hall–Kier alpha value is -1.95. The third kappa shape index (κ3) is 2.96. The Morgan fingerprint density at radius 2 is 2.00 bits per heavy atom. The Morgan fingerprint density at radius 3 is 2.55 bits per heavy atom. The minimum atomic E-state index is 0.363. The van der Waals surface area contributed by atoms with Gasteiger partial charge in [0.25, 0.3) is 0 Å². The van der Waals surface area contributed by atoms with Crippen molar-refractivity contribution in [3.8, 4) is 11.8 Å². The van der Waals surface area contributed by atoms with E-state index in [4.69, 9.17) is 4.74 Å². The van der Waals surface area contributed by atoms with Gasteiger partial charge in [0, 0.05) is 31.0 Å². The van der Waals surface area contributed by atoms with Crippen LogP contribution >= 0.6 is 0 Å². The van der Waals surface area contributed by atoms with Crippen molar-refractivity contribution >= 4 is 0 Å². The van der Waals surface area contributed by atoms with Crippen LogP contribution in [0.2, 0.25) is 0 Å². The van der Waals surface area contributed by atoms with E-state index in [1.165, 1.54) is 0 Å². The standard InChI is InChI=1S/C14H21N5O/c1-6-15-7-12-8-16-14(17-9(12)2)20-13-10(3)18-19(5)11(13)4/h8,15H,6-7H2,1-5H3. The van der Waals surface area contributed by atoms with Crippen molar-refractivity contribution in [2.45, 2.75) is 34.2 Å². The van der Waals surface area contributed by atoms with Gasteiger partial charge in [-0.1, -0.05) is 6.92 Å². The van der Waals surface area contributed by atoms with Crippen LogP contribution < -0.4 is 10.1 Å². The first-order valence-corrected chi connectivity index (χ1v) is 6.74. The summed E-state index contributed by atoms with van der Waals surface area (Å²) < 4.78 is 7.56. The zero-order chi connectivity index (χ0) is 14.7. The number of nitrogens with one attached hydrogen (secondary N) is 1. The summed E-state index contributed by atoms with van der Waals surface area (Å²) in [5.74, 6) is 0.728. The van der Waals surface area contributed by atoms with Gasteiger partial charge in [-0.2, -0.15) is 10.1 Å². The summed E-state index contributed by atoms with van der Waals surface area (Å²) in [6.07, 6.45) is 1.81. The molecule has 0 unspecified atom stereocenters. The minimum Gasteiger partial charge on any atom is -0.420 e. The second kappa shape index (κ2) is 6.00. The molecule has 0 bridgehead atoms. The van der Waals surface area contributed by atoms with Crippen molar-refractivity contribution < 1.29 is 4.74 Å². The van der Waals surface area contributed by atoms with Gasteiger partial charge in [-0.25, -0.2) is 4.98 Å². The molecule has 2 aromatic rings. The molecule has 0 aliphatic heterocycles.